The van der Waals surface area contributed by atoms with Gasteiger partial charge in [0.15, 0.2) is 0 Å². The highest BCUT2D eigenvalue weighted by molar-refractivity contribution is 6.30. The number of halogens is 2. The van der Waals surface area contributed by atoms with E-state index >= 15 is 0 Å². The molecule has 0 saturated carbocycles. The van der Waals surface area contributed by atoms with E-state index in [2.05, 4.69) is 23.6 Å². The summed E-state index contributed by atoms with van der Waals surface area (Å²) >= 11 is 5.84. The van der Waals surface area contributed by atoms with E-state index in [-0.39, 0.29) is 16.9 Å². The maximum absolute atomic E-state index is 14.0. The van der Waals surface area contributed by atoms with E-state index in [1.807, 2.05) is 0 Å². The minimum atomic E-state index is -0.361. The molecule has 3 rings (SSSR count). The zero-order valence-electron chi connectivity index (χ0n) is 11.7. The van der Waals surface area contributed by atoms with Crippen molar-refractivity contribution in [2.45, 2.75) is 31.7 Å². The highest BCUT2D eigenvalue weighted by atomic mass is 35.5. The second kappa shape index (κ2) is 6.14. The van der Waals surface area contributed by atoms with Gasteiger partial charge < -0.3 is 0 Å². The predicted molar refractivity (Wildman–Crippen MR) is 83.6 cm³/mol. The van der Waals surface area contributed by atoms with Gasteiger partial charge in [-0.05, 0) is 54.0 Å². The van der Waals surface area contributed by atoms with Crippen molar-refractivity contribution in [3.63, 3.8) is 0 Å². The van der Waals surface area contributed by atoms with Crippen molar-refractivity contribution in [2.75, 3.05) is 0 Å². The van der Waals surface area contributed by atoms with Crippen LogP contribution in [0.2, 0.25) is 5.02 Å². The molecule has 1 aliphatic rings. The zero-order valence-corrected chi connectivity index (χ0v) is 12.5. The number of hydrogen-bond donors (Lipinski definition) is 2. The monoisotopic (exact) mass is 304 g/mol. The number of benzene rings is 2. The van der Waals surface area contributed by atoms with Gasteiger partial charge in [0.05, 0.1) is 11.1 Å². The molecule has 0 radical (unpaired) electrons. The largest absolute Gasteiger partial charge is 0.271 e. The summed E-state index contributed by atoms with van der Waals surface area (Å²) in [4.78, 5) is 0. The Morgan fingerprint density at radius 3 is 2.81 bits per heavy atom. The summed E-state index contributed by atoms with van der Waals surface area (Å²) in [5.74, 6) is 5.32. The summed E-state index contributed by atoms with van der Waals surface area (Å²) in [5.41, 5.74) is 7.27. The van der Waals surface area contributed by atoms with Crippen molar-refractivity contribution in [1.82, 2.24) is 5.43 Å². The fraction of sp³-hybridized carbons (Fsp3) is 0.294. The summed E-state index contributed by atoms with van der Waals surface area (Å²) in [6.07, 6.45) is 3.95. The Labute approximate surface area is 129 Å². The summed E-state index contributed by atoms with van der Waals surface area (Å²) in [6.45, 7) is 0. The van der Waals surface area contributed by atoms with E-state index in [1.54, 1.807) is 18.2 Å². The van der Waals surface area contributed by atoms with E-state index in [9.17, 15) is 4.39 Å². The smallest absolute Gasteiger partial charge is 0.145 e. The van der Waals surface area contributed by atoms with Crippen LogP contribution in [0.15, 0.2) is 36.4 Å². The Hall–Kier alpha value is -1.42. The average molecular weight is 305 g/mol. The maximum atomic E-state index is 14.0. The summed E-state index contributed by atoms with van der Waals surface area (Å²) in [5, 5.41) is 0.150. The molecule has 2 aromatic carbocycles. The van der Waals surface area contributed by atoms with Crippen LogP contribution in [0, 0.1) is 5.82 Å². The molecule has 0 saturated heterocycles. The van der Waals surface area contributed by atoms with Crippen molar-refractivity contribution >= 4 is 11.6 Å². The number of nitrogens with two attached hydrogens (primary N) is 1. The van der Waals surface area contributed by atoms with Crippen LogP contribution in [-0.4, -0.2) is 0 Å². The third-order valence-electron chi connectivity index (χ3n) is 4.18. The molecule has 2 nitrogen and oxygen atoms in total. The van der Waals surface area contributed by atoms with Crippen molar-refractivity contribution in [3.8, 4) is 0 Å². The molecule has 21 heavy (non-hydrogen) atoms. The second-order valence-electron chi connectivity index (χ2n) is 5.52. The lowest BCUT2D eigenvalue weighted by Gasteiger charge is -2.18. The minimum Gasteiger partial charge on any atom is -0.271 e. The minimum absolute atomic E-state index is 0.121. The Morgan fingerprint density at radius 1 is 1.19 bits per heavy atom. The molecule has 3 N–H and O–H groups in total. The van der Waals surface area contributed by atoms with Gasteiger partial charge in [-0.15, -0.1) is 0 Å². The van der Waals surface area contributed by atoms with Crippen LogP contribution in [0.1, 0.15) is 34.7 Å². The van der Waals surface area contributed by atoms with Gasteiger partial charge in [0.25, 0.3) is 0 Å². The van der Waals surface area contributed by atoms with Crippen LogP contribution in [0.5, 0.6) is 0 Å². The molecule has 0 amide bonds. The Morgan fingerprint density at radius 2 is 2.00 bits per heavy atom. The first-order chi connectivity index (χ1) is 10.2. The SMILES string of the molecule is NNC(Cc1cccc(Cl)c1F)c1ccc2c(c1)CCC2. The number of aryl methyl sites for hydroxylation is 2. The molecule has 2 aromatic rings. The lowest BCUT2D eigenvalue weighted by molar-refractivity contribution is 0.529. The third-order valence-corrected chi connectivity index (χ3v) is 4.47. The van der Waals surface area contributed by atoms with Crippen LogP contribution >= 0.6 is 11.6 Å². The molecule has 0 spiro atoms. The Balaban J connectivity index is 1.87. The molecular formula is C17H18ClFN2. The number of hydrazine groups is 1. The van der Waals surface area contributed by atoms with Crippen LogP contribution in [0.3, 0.4) is 0 Å². The molecule has 1 unspecified atom stereocenters. The first kappa shape index (κ1) is 14.5. The van der Waals surface area contributed by atoms with Gasteiger partial charge in [-0.3, -0.25) is 11.3 Å². The van der Waals surface area contributed by atoms with Crippen LogP contribution in [0.25, 0.3) is 0 Å². The second-order valence-corrected chi connectivity index (χ2v) is 5.93. The molecular weight excluding hydrogens is 287 g/mol. The number of nitrogens with one attached hydrogen (secondary N) is 1. The van der Waals surface area contributed by atoms with Crippen molar-refractivity contribution < 1.29 is 4.39 Å². The van der Waals surface area contributed by atoms with Crippen molar-refractivity contribution in [2.24, 2.45) is 5.84 Å². The van der Waals surface area contributed by atoms with Crippen molar-refractivity contribution in [1.29, 1.82) is 0 Å². The molecule has 0 aromatic heterocycles. The van der Waals surface area contributed by atoms with Crippen LogP contribution in [0.4, 0.5) is 4.39 Å². The van der Waals surface area contributed by atoms with E-state index in [1.165, 1.54) is 17.5 Å². The standard InChI is InChI=1S/C17H18ClFN2/c18-15-6-2-5-14(17(15)19)10-16(21-20)13-8-7-11-3-1-4-12(11)9-13/h2,5-9,16,21H,1,3-4,10,20H2. The van der Waals surface area contributed by atoms with Gasteiger partial charge in [0.1, 0.15) is 5.82 Å². The first-order valence-corrected chi connectivity index (χ1v) is 7.57. The summed E-state index contributed by atoms with van der Waals surface area (Å²) in [6, 6.07) is 11.4. The van der Waals surface area contributed by atoms with E-state index in [0.29, 0.717) is 12.0 Å². The third kappa shape index (κ3) is 2.95. The molecule has 0 heterocycles. The number of rotatable bonds is 4. The van der Waals surface area contributed by atoms with Crippen LogP contribution in [-0.2, 0) is 19.3 Å². The first-order valence-electron chi connectivity index (χ1n) is 7.19. The molecule has 0 aliphatic heterocycles. The zero-order chi connectivity index (χ0) is 14.8. The average Bonchev–Trinajstić information content (AvgIpc) is 2.96. The normalized spacial score (nSPS) is 15.0. The van der Waals surface area contributed by atoms with Gasteiger partial charge in [-0.1, -0.05) is 41.9 Å². The van der Waals surface area contributed by atoms with E-state index < -0.39 is 0 Å². The fourth-order valence-corrected chi connectivity index (χ4v) is 3.20. The van der Waals surface area contributed by atoms with Gasteiger partial charge in [-0.2, -0.15) is 0 Å². The lowest BCUT2D eigenvalue weighted by Crippen LogP contribution is -2.30. The quantitative estimate of drug-likeness (QED) is 0.667. The fourth-order valence-electron chi connectivity index (χ4n) is 3.01. The topological polar surface area (TPSA) is 38.0 Å². The number of hydrogen-bond acceptors (Lipinski definition) is 2. The molecule has 1 aliphatic carbocycles. The highest BCUT2D eigenvalue weighted by Crippen LogP contribution is 2.28. The van der Waals surface area contributed by atoms with E-state index in [4.69, 9.17) is 17.4 Å². The molecule has 110 valence electrons. The van der Waals surface area contributed by atoms with Gasteiger partial charge >= 0.3 is 0 Å². The van der Waals surface area contributed by atoms with Gasteiger partial charge in [-0.25, -0.2) is 4.39 Å². The molecule has 4 heteroatoms. The van der Waals surface area contributed by atoms with Gasteiger partial charge in [0.2, 0.25) is 0 Å². The lowest BCUT2D eigenvalue weighted by atomic mass is 9.96. The Kier molecular flexibility index (Phi) is 4.24. The highest BCUT2D eigenvalue weighted by Gasteiger charge is 2.17. The molecule has 0 fully saturated rings. The summed E-state index contributed by atoms with van der Waals surface area (Å²) < 4.78 is 14.0. The van der Waals surface area contributed by atoms with Crippen LogP contribution < -0.4 is 11.3 Å². The predicted octanol–water partition coefficient (Wildman–Crippen LogP) is 3.71. The Bertz CT molecular complexity index is 657. The number of fused-ring (bicyclic) bond motifs is 1. The van der Waals surface area contributed by atoms with E-state index in [0.717, 1.165) is 18.4 Å². The van der Waals surface area contributed by atoms with Gasteiger partial charge in [0, 0.05) is 0 Å². The molecule has 0 bridgehead atoms. The maximum Gasteiger partial charge on any atom is 0.145 e. The van der Waals surface area contributed by atoms with Crippen molar-refractivity contribution in [3.05, 3.63) is 69.5 Å². The summed E-state index contributed by atoms with van der Waals surface area (Å²) in [7, 11) is 0. The molecule has 1 atom stereocenters.